The quantitative estimate of drug-likeness (QED) is 0.823. The molecule has 7 heteroatoms. The van der Waals surface area contributed by atoms with E-state index in [2.05, 4.69) is 10.4 Å². The largest absolute Gasteiger partial charge is 0.478 e. The Bertz CT molecular complexity index is 589. The molecule has 0 radical (unpaired) electrons. The van der Waals surface area contributed by atoms with Crippen molar-refractivity contribution in [1.29, 1.82) is 0 Å². The van der Waals surface area contributed by atoms with Gasteiger partial charge in [-0.05, 0) is 17.7 Å². The summed E-state index contributed by atoms with van der Waals surface area (Å²) in [4.78, 5) is 11.1. The number of hydrogen-bond donors (Lipinski definition) is 2. The lowest BCUT2D eigenvalue weighted by atomic mass is 10.1. The maximum atomic E-state index is 12.3. The number of benzene rings is 1. The van der Waals surface area contributed by atoms with Crippen molar-refractivity contribution >= 4 is 18.4 Å². The fourth-order valence-corrected chi connectivity index (χ4v) is 2.00. The van der Waals surface area contributed by atoms with Gasteiger partial charge in [-0.3, -0.25) is 4.68 Å². The molecule has 1 aromatic heterocycles. The van der Waals surface area contributed by atoms with Crippen LogP contribution in [-0.4, -0.2) is 27.5 Å². The van der Waals surface area contributed by atoms with E-state index >= 15 is 0 Å². The minimum atomic E-state index is -0.940. The number of carboxylic acid groups (broad SMARTS) is 1. The zero-order chi connectivity index (χ0) is 14.4. The number of alkyl halides is 1. The Kier molecular flexibility index (Phi) is 6.84. The highest BCUT2D eigenvalue weighted by atomic mass is 35.5. The van der Waals surface area contributed by atoms with E-state index in [9.17, 15) is 9.18 Å². The highest BCUT2D eigenvalue weighted by Crippen LogP contribution is 2.09. The highest BCUT2D eigenvalue weighted by molar-refractivity contribution is 5.89. The number of hydrogen-bond acceptors (Lipinski definition) is 3. The monoisotopic (exact) mass is 313 g/mol. The standard InChI is InChI=1S/C14H16FN3O2.ClH/c15-6-8-18-12(5-7-17-18)10-16-9-11-3-1-2-4-13(11)14(19)20;/h1-5,7,16H,6,8-10H2,(H,19,20);1H. The summed E-state index contributed by atoms with van der Waals surface area (Å²) in [6, 6.07) is 8.66. The van der Waals surface area contributed by atoms with Gasteiger partial charge in [-0.1, -0.05) is 18.2 Å². The first kappa shape index (κ1) is 17.1. The topological polar surface area (TPSA) is 67.2 Å². The minimum Gasteiger partial charge on any atom is -0.478 e. The predicted molar refractivity (Wildman–Crippen MR) is 79.4 cm³/mol. The zero-order valence-electron chi connectivity index (χ0n) is 11.3. The summed E-state index contributed by atoms with van der Waals surface area (Å²) in [7, 11) is 0. The Morgan fingerprint density at radius 2 is 2.05 bits per heavy atom. The number of carbonyl (C=O) groups is 1. The van der Waals surface area contributed by atoms with Crippen molar-refractivity contribution in [3.63, 3.8) is 0 Å². The molecule has 2 aromatic rings. The second-order valence-corrected chi connectivity index (χ2v) is 4.30. The Morgan fingerprint density at radius 1 is 1.29 bits per heavy atom. The van der Waals surface area contributed by atoms with E-state index in [1.165, 1.54) is 0 Å². The summed E-state index contributed by atoms with van der Waals surface area (Å²) >= 11 is 0. The molecule has 0 spiro atoms. The van der Waals surface area contributed by atoms with Gasteiger partial charge in [-0.2, -0.15) is 5.10 Å². The Hall–Kier alpha value is -1.92. The van der Waals surface area contributed by atoms with Gasteiger partial charge >= 0.3 is 5.97 Å². The molecule has 0 saturated carbocycles. The second-order valence-electron chi connectivity index (χ2n) is 4.30. The van der Waals surface area contributed by atoms with Crippen LogP contribution in [0.4, 0.5) is 4.39 Å². The Labute approximate surface area is 128 Å². The van der Waals surface area contributed by atoms with Crippen LogP contribution in [0.15, 0.2) is 36.5 Å². The Balaban J connectivity index is 0.00000220. The van der Waals surface area contributed by atoms with Gasteiger partial charge in [0, 0.05) is 19.3 Å². The van der Waals surface area contributed by atoms with Crippen LogP contribution in [-0.2, 0) is 19.6 Å². The minimum absolute atomic E-state index is 0. The van der Waals surface area contributed by atoms with E-state index in [0.717, 1.165) is 11.3 Å². The molecule has 0 aliphatic carbocycles. The average Bonchev–Trinajstić information content (AvgIpc) is 2.87. The first-order valence-corrected chi connectivity index (χ1v) is 6.31. The molecular formula is C14H17ClFN3O2. The van der Waals surface area contributed by atoms with Gasteiger partial charge in [-0.25, -0.2) is 9.18 Å². The summed E-state index contributed by atoms with van der Waals surface area (Å²) in [5, 5.41) is 16.3. The molecule has 21 heavy (non-hydrogen) atoms. The van der Waals surface area contributed by atoms with Crippen LogP contribution in [0.2, 0.25) is 0 Å². The average molecular weight is 314 g/mol. The van der Waals surface area contributed by atoms with E-state index in [1.54, 1.807) is 35.1 Å². The maximum Gasteiger partial charge on any atom is 0.336 e. The number of carboxylic acids is 1. The van der Waals surface area contributed by atoms with E-state index < -0.39 is 12.6 Å². The van der Waals surface area contributed by atoms with Crippen LogP contribution in [0.5, 0.6) is 0 Å². The number of aromatic carboxylic acids is 1. The van der Waals surface area contributed by atoms with Crippen LogP contribution < -0.4 is 5.32 Å². The normalized spacial score (nSPS) is 10.1. The maximum absolute atomic E-state index is 12.3. The molecular weight excluding hydrogens is 297 g/mol. The van der Waals surface area contributed by atoms with Crippen LogP contribution in [0, 0.1) is 0 Å². The molecule has 1 heterocycles. The number of nitrogens with one attached hydrogen (secondary N) is 1. The van der Waals surface area contributed by atoms with Crippen LogP contribution in [0.25, 0.3) is 0 Å². The summed E-state index contributed by atoms with van der Waals surface area (Å²) < 4.78 is 13.9. The molecule has 0 atom stereocenters. The number of halogens is 2. The van der Waals surface area contributed by atoms with Crippen LogP contribution in [0.3, 0.4) is 0 Å². The van der Waals surface area contributed by atoms with Gasteiger partial charge in [0.05, 0.1) is 17.8 Å². The SMILES string of the molecule is Cl.O=C(O)c1ccccc1CNCc1ccnn1CCF. The molecule has 2 rings (SSSR count). The van der Waals surface area contributed by atoms with Gasteiger partial charge in [0.25, 0.3) is 0 Å². The number of nitrogens with zero attached hydrogens (tertiary/aromatic N) is 2. The van der Waals surface area contributed by atoms with Crippen molar-refractivity contribution < 1.29 is 14.3 Å². The van der Waals surface area contributed by atoms with Crippen LogP contribution >= 0.6 is 12.4 Å². The molecule has 0 amide bonds. The van der Waals surface area contributed by atoms with Crippen molar-refractivity contribution in [3.05, 3.63) is 53.3 Å². The Morgan fingerprint density at radius 3 is 2.76 bits per heavy atom. The summed E-state index contributed by atoms with van der Waals surface area (Å²) in [5.41, 5.74) is 1.88. The smallest absolute Gasteiger partial charge is 0.336 e. The first-order chi connectivity index (χ1) is 9.72. The molecule has 114 valence electrons. The number of rotatable bonds is 7. The molecule has 5 nitrogen and oxygen atoms in total. The van der Waals surface area contributed by atoms with Crippen molar-refractivity contribution in [2.75, 3.05) is 6.67 Å². The lowest BCUT2D eigenvalue weighted by molar-refractivity contribution is 0.0695. The van der Waals surface area contributed by atoms with Crippen molar-refractivity contribution in [3.8, 4) is 0 Å². The fourth-order valence-electron chi connectivity index (χ4n) is 2.00. The third-order valence-electron chi connectivity index (χ3n) is 2.97. The third kappa shape index (κ3) is 4.54. The number of aryl methyl sites for hydroxylation is 1. The van der Waals surface area contributed by atoms with Gasteiger partial charge < -0.3 is 10.4 Å². The van der Waals surface area contributed by atoms with E-state index in [1.807, 2.05) is 6.07 Å². The van der Waals surface area contributed by atoms with Crippen molar-refractivity contribution in [2.45, 2.75) is 19.6 Å². The molecule has 0 unspecified atom stereocenters. The molecule has 0 bridgehead atoms. The molecule has 0 aliphatic heterocycles. The lowest BCUT2D eigenvalue weighted by Gasteiger charge is -2.09. The van der Waals surface area contributed by atoms with E-state index in [0.29, 0.717) is 13.1 Å². The third-order valence-corrected chi connectivity index (χ3v) is 2.97. The second kappa shape index (κ2) is 8.39. The fraction of sp³-hybridized carbons (Fsp3) is 0.286. The van der Waals surface area contributed by atoms with E-state index in [4.69, 9.17) is 5.11 Å². The van der Waals surface area contributed by atoms with Gasteiger partial charge in [0.1, 0.15) is 6.67 Å². The van der Waals surface area contributed by atoms with Crippen molar-refractivity contribution in [1.82, 2.24) is 15.1 Å². The highest BCUT2D eigenvalue weighted by Gasteiger charge is 2.08. The first-order valence-electron chi connectivity index (χ1n) is 6.31. The lowest BCUT2D eigenvalue weighted by Crippen LogP contribution is -2.18. The molecule has 2 N–H and O–H groups in total. The van der Waals surface area contributed by atoms with Gasteiger partial charge in [0.2, 0.25) is 0 Å². The van der Waals surface area contributed by atoms with Gasteiger partial charge in [0.15, 0.2) is 0 Å². The summed E-state index contributed by atoms with van der Waals surface area (Å²) in [6.07, 6.45) is 1.62. The van der Waals surface area contributed by atoms with E-state index in [-0.39, 0.29) is 24.5 Å². The predicted octanol–water partition coefficient (Wildman–Crippen LogP) is 2.26. The molecule has 0 aliphatic rings. The molecule has 0 fully saturated rings. The zero-order valence-corrected chi connectivity index (χ0v) is 12.1. The summed E-state index contributed by atoms with van der Waals surface area (Å²) in [5.74, 6) is -0.940. The number of aromatic nitrogens is 2. The van der Waals surface area contributed by atoms with Gasteiger partial charge in [-0.15, -0.1) is 12.4 Å². The summed E-state index contributed by atoms with van der Waals surface area (Å²) in [6.45, 7) is 0.712. The molecule has 0 saturated heterocycles. The van der Waals surface area contributed by atoms with Crippen LogP contribution in [0.1, 0.15) is 21.6 Å². The molecule has 1 aromatic carbocycles. The van der Waals surface area contributed by atoms with Crippen molar-refractivity contribution in [2.24, 2.45) is 0 Å².